The van der Waals surface area contributed by atoms with Gasteiger partial charge in [0.25, 0.3) is 5.91 Å². The standard InChI is InChI=1S/C22H34N4O3/c1-15(2)18(23-21(29)24-22(4,5)6)20(28)25-12-13-26(16(3)14-25)19(27)17-10-8-7-9-11-17/h7-11,15-16,18H,12-14H2,1-6H3,(H2,23,24,29). The fourth-order valence-corrected chi connectivity index (χ4v) is 3.43. The van der Waals surface area contributed by atoms with Gasteiger partial charge in [-0.2, -0.15) is 0 Å². The number of rotatable bonds is 4. The Kier molecular flexibility index (Phi) is 7.27. The molecule has 0 spiro atoms. The normalized spacial score (nSPS) is 18.4. The van der Waals surface area contributed by atoms with Gasteiger partial charge in [0.05, 0.1) is 0 Å². The third kappa shape index (κ3) is 6.21. The quantitative estimate of drug-likeness (QED) is 0.812. The van der Waals surface area contributed by atoms with Crippen LogP contribution in [0.5, 0.6) is 0 Å². The van der Waals surface area contributed by atoms with Crippen molar-refractivity contribution < 1.29 is 14.4 Å². The lowest BCUT2D eigenvalue weighted by Gasteiger charge is -2.41. The van der Waals surface area contributed by atoms with Gasteiger partial charge in [0.15, 0.2) is 0 Å². The lowest BCUT2D eigenvalue weighted by atomic mass is 10.0. The number of hydrogen-bond acceptors (Lipinski definition) is 3. The maximum absolute atomic E-state index is 13.1. The number of hydrogen-bond donors (Lipinski definition) is 2. The fourth-order valence-electron chi connectivity index (χ4n) is 3.43. The summed E-state index contributed by atoms with van der Waals surface area (Å²) < 4.78 is 0. The van der Waals surface area contributed by atoms with Crippen molar-refractivity contribution in [1.29, 1.82) is 0 Å². The van der Waals surface area contributed by atoms with E-state index in [9.17, 15) is 14.4 Å². The summed E-state index contributed by atoms with van der Waals surface area (Å²) in [6.07, 6.45) is 0. The minimum absolute atomic E-state index is 0.0201. The first kappa shape index (κ1) is 22.7. The lowest BCUT2D eigenvalue weighted by molar-refractivity contribution is -0.136. The Hall–Kier alpha value is -2.57. The van der Waals surface area contributed by atoms with Crippen LogP contribution in [0, 0.1) is 5.92 Å². The van der Waals surface area contributed by atoms with Gasteiger partial charge in [-0.1, -0.05) is 32.0 Å². The molecule has 7 nitrogen and oxygen atoms in total. The molecule has 2 N–H and O–H groups in total. The molecule has 0 aliphatic carbocycles. The number of nitrogens with one attached hydrogen (secondary N) is 2. The first-order valence-electron chi connectivity index (χ1n) is 10.2. The molecule has 1 saturated heterocycles. The third-order valence-corrected chi connectivity index (χ3v) is 4.93. The minimum atomic E-state index is -0.610. The highest BCUT2D eigenvalue weighted by Crippen LogP contribution is 2.16. The average molecular weight is 403 g/mol. The van der Waals surface area contributed by atoms with Crippen LogP contribution >= 0.6 is 0 Å². The first-order chi connectivity index (χ1) is 13.5. The zero-order valence-corrected chi connectivity index (χ0v) is 18.4. The second kappa shape index (κ2) is 9.29. The van der Waals surface area contributed by atoms with Crippen LogP contribution in [0.25, 0.3) is 0 Å². The summed E-state index contributed by atoms with van der Waals surface area (Å²) in [4.78, 5) is 41.7. The van der Waals surface area contributed by atoms with Crippen molar-refractivity contribution in [2.75, 3.05) is 19.6 Å². The van der Waals surface area contributed by atoms with Gasteiger partial charge in [0.2, 0.25) is 5.91 Å². The number of amides is 4. The van der Waals surface area contributed by atoms with E-state index in [-0.39, 0.29) is 35.3 Å². The highest BCUT2D eigenvalue weighted by atomic mass is 16.2. The highest BCUT2D eigenvalue weighted by Gasteiger charge is 2.35. The Balaban J connectivity index is 2.02. The predicted octanol–water partition coefficient (Wildman–Crippen LogP) is 2.48. The molecule has 29 heavy (non-hydrogen) atoms. The van der Waals surface area contributed by atoms with Crippen molar-refractivity contribution in [2.45, 2.75) is 59.2 Å². The molecule has 7 heteroatoms. The summed E-state index contributed by atoms with van der Waals surface area (Å²) in [6, 6.07) is 8.12. The Morgan fingerprint density at radius 3 is 2.21 bits per heavy atom. The molecule has 4 amide bonds. The molecule has 0 radical (unpaired) electrons. The zero-order chi connectivity index (χ0) is 21.8. The lowest BCUT2D eigenvalue weighted by Crippen LogP contribution is -2.61. The van der Waals surface area contributed by atoms with Gasteiger partial charge in [-0.25, -0.2) is 4.79 Å². The molecule has 1 heterocycles. The monoisotopic (exact) mass is 402 g/mol. The summed E-state index contributed by atoms with van der Waals surface area (Å²) in [5.74, 6) is -0.177. The largest absolute Gasteiger partial charge is 0.337 e. The van der Waals surface area contributed by atoms with E-state index in [2.05, 4.69) is 10.6 Å². The molecular formula is C22H34N4O3. The first-order valence-corrected chi connectivity index (χ1v) is 10.2. The van der Waals surface area contributed by atoms with Gasteiger partial charge in [-0.15, -0.1) is 0 Å². The molecule has 0 aromatic heterocycles. The number of benzene rings is 1. The molecule has 1 aliphatic heterocycles. The van der Waals surface area contributed by atoms with Gasteiger partial charge < -0.3 is 20.4 Å². The molecule has 1 aromatic rings. The van der Waals surface area contributed by atoms with Crippen LogP contribution in [0.2, 0.25) is 0 Å². The van der Waals surface area contributed by atoms with E-state index >= 15 is 0 Å². The van der Waals surface area contributed by atoms with Gasteiger partial charge in [-0.05, 0) is 45.7 Å². The van der Waals surface area contributed by atoms with E-state index in [1.807, 2.05) is 64.6 Å². The molecule has 2 unspecified atom stereocenters. The van der Waals surface area contributed by atoms with Crippen LogP contribution < -0.4 is 10.6 Å². The molecule has 1 aromatic carbocycles. The van der Waals surface area contributed by atoms with E-state index in [0.29, 0.717) is 25.2 Å². The Labute approximate surface area is 173 Å². The van der Waals surface area contributed by atoms with E-state index in [1.54, 1.807) is 17.0 Å². The van der Waals surface area contributed by atoms with E-state index in [1.165, 1.54) is 0 Å². The number of carbonyl (C=O) groups is 3. The van der Waals surface area contributed by atoms with Crippen molar-refractivity contribution in [3.05, 3.63) is 35.9 Å². The number of urea groups is 1. The van der Waals surface area contributed by atoms with Crippen molar-refractivity contribution in [3.8, 4) is 0 Å². The van der Waals surface area contributed by atoms with Gasteiger partial charge in [0, 0.05) is 36.8 Å². The van der Waals surface area contributed by atoms with Gasteiger partial charge in [-0.3, -0.25) is 9.59 Å². The van der Waals surface area contributed by atoms with Gasteiger partial charge >= 0.3 is 6.03 Å². The minimum Gasteiger partial charge on any atom is -0.337 e. The van der Waals surface area contributed by atoms with Crippen LogP contribution in [0.1, 0.15) is 51.9 Å². The van der Waals surface area contributed by atoms with Crippen molar-refractivity contribution >= 4 is 17.8 Å². The van der Waals surface area contributed by atoms with E-state index < -0.39 is 6.04 Å². The molecular weight excluding hydrogens is 368 g/mol. The summed E-state index contributed by atoms with van der Waals surface area (Å²) in [7, 11) is 0. The molecule has 2 rings (SSSR count). The topological polar surface area (TPSA) is 81.8 Å². The van der Waals surface area contributed by atoms with Crippen molar-refractivity contribution in [1.82, 2.24) is 20.4 Å². The Morgan fingerprint density at radius 1 is 1.07 bits per heavy atom. The molecule has 160 valence electrons. The molecule has 0 saturated carbocycles. The molecule has 2 atom stereocenters. The zero-order valence-electron chi connectivity index (χ0n) is 18.4. The summed E-state index contributed by atoms with van der Waals surface area (Å²) >= 11 is 0. The van der Waals surface area contributed by atoms with Crippen LogP contribution in [0.4, 0.5) is 4.79 Å². The van der Waals surface area contributed by atoms with Crippen LogP contribution in [0.3, 0.4) is 0 Å². The number of carbonyl (C=O) groups excluding carboxylic acids is 3. The number of piperazine rings is 1. The SMILES string of the molecule is CC(C)C(NC(=O)NC(C)(C)C)C(=O)N1CCN(C(=O)c2ccccc2)C(C)C1. The molecule has 1 aliphatic rings. The maximum atomic E-state index is 13.1. The summed E-state index contributed by atoms with van der Waals surface area (Å²) in [5.41, 5.74) is 0.270. The van der Waals surface area contributed by atoms with Crippen LogP contribution in [-0.2, 0) is 4.79 Å². The number of nitrogens with zero attached hydrogens (tertiary/aromatic N) is 2. The summed E-state index contributed by atoms with van der Waals surface area (Å²) in [6.45, 7) is 12.8. The van der Waals surface area contributed by atoms with Crippen LogP contribution in [-0.4, -0.2) is 64.9 Å². The second-order valence-corrected chi connectivity index (χ2v) is 9.07. The predicted molar refractivity (Wildman–Crippen MR) is 114 cm³/mol. The van der Waals surface area contributed by atoms with E-state index in [4.69, 9.17) is 0 Å². The Bertz CT molecular complexity index is 727. The van der Waals surface area contributed by atoms with Gasteiger partial charge in [0.1, 0.15) is 6.04 Å². The Morgan fingerprint density at radius 2 is 1.69 bits per heavy atom. The average Bonchev–Trinajstić information content (AvgIpc) is 2.64. The third-order valence-electron chi connectivity index (χ3n) is 4.93. The smallest absolute Gasteiger partial charge is 0.315 e. The van der Waals surface area contributed by atoms with E-state index in [0.717, 1.165) is 0 Å². The second-order valence-electron chi connectivity index (χ2n) is 9.07. The van der Waals surface area contributed by atoms with Crippen molar-refractivity contribution in [3.63, 3.8) is 0 Å². The molecule has 1 fully saturated rings. The fraction of sp³-hybridized carbons (Fsp3) is 0.591. The van der Waals surface area contributed by atoms with Crippen molar-refractivity contribution in [2.24, 2.45) is 5.92 Å². The van der Waals surface area contributed by atoms with Crippen LogP contribution in [0.15, 0.2) is 30.3 Å². The molecule has 0 bridgehead atoms. The highest BCUT2D eigenvalue weighted by molar-refractivity contribution is 5.94. The summed E-state index contributed by atoms with van der Waals surface area (Å²) in [5, 5.41) is 5.66. The maximum Gasteiger partial charge on any atom is 0.315 e.